The molecular formula is C9H10BrNO2. The van der Waals surface area contributed by atoms with Crippen LogP contribution in [0, 0.1) is 0 Å². The Labute approximate surface area is 85.3 Å². The molecule has 0 radical (unpaired) electrons. The lowest BCUT2D eigenvalue weighted by atomic mass is 10.3. The van der Waals surface area contributed by atoms with Crippen LogP contribution in [0.2, 0.25) is 0 Å². The Balaban J connectivity index is 2.49. The van der Waals surface area contributed by atoms with Crippen molar-refractivity contribution in [2.24, 2.45) is 0 Å². The van der Waals surface area contributed by atoms with Gasteiger partial charge in [0.05, 0.1) is 10.5 Å². The maximum Gasteiger partial charge on any atom is 0.302 e. The highest BCUT2D eigenvalue weighted by molar-refractivity contribution is 9.09. The Morgan fingerprint density at radius 1 is 1.69 bits per heavy atom. The number of hydrogen-bond donors (Lipinski definition) is 0. The normalized spacial score (nSPS) is 12.2. The molecule has 0 amide bonds. The van der Waals surface area contributed by atoms with Gasteiger partial charge in [0.25, 0.3) is 0 Å². The number of nitrogens with zero attached hydrogens (tertiary/aromatic N) is 1. The molecule has 0 bridgehead atoms. The fraction of sp³-hybridized carbons (Fsp3) is 0.333. The van der Waals surface area contributed by atoms with Crippen LogP contribution >= 0.6 is 15.9 Å². The summed E-state index contributed by atoms with van der Waals surface area (Å²) >= 11 is 3.37. The molecule has 13 heavy (non-hydrogen) atoms. The van der Waals surface area contributed by atoms with Crippen molar-refractivity contribution in [3.8, 4) is 0 Å². The second-order valence-electron chi connectivity index (χ2n) is 2.52. The highest BCUT2D eigenvalue weighted by Gasteiger charge is 2.09. The fourth-order valence-corrected chi connectivity index (χ4v) is 1.24. The molecule has 0 aliphatic heterocycles. The van der Waals surface area contributed by atoms with Gasteiger partial charge in [-0.25, -0.2) is 0 Å². The number of carbonyl (C=O) groups excluding carboxylic acids is 1. The molecule has 1 aromatic rings. The summed E-state index contributed by atoms with van der Waals surface area (Å²) < 4.78 is 4.83. The lowest BCUT2D eigenvalue weighted by Gasteiger charge is -2.08. The van der Waals surface area contributed by atoms with E-state index in [9.17, 15) is 4.79 Å². The minimum Gasteiger partial charge on any atom is -0.464 e. The molecule has 0 fully saturated rings. The lowest BCUT2D eigenvalue weighted by Crippen LogP contribution is -2.06. The van der Waals surface area contributed by atoms with Gasteiger partial charge >= 0.3 is 5.97 Å². The number of carbonyl (C=O) groups is 1. The second-order valence-corrected chi connectivity index (χ2v) is 3.63. The summed E-state index contributed by atoms with van der Waals surface area (Å²) in [7, 11) is 0. The summed E-state index contributed by atoms with van der Waals surface area (Å²) in [6, 6.07) is 5.61. The number of pyridine rings is 1. The van der Waals surface area contributed by atoms with Crippen LogP contribution in [0.25, 0.3) is 0 Å². The molecule has 0 spiro atoms. The van der Waals surface area contributed by atoms with Crippen molar-refractivity contribution in [2.45, 2.75) is 11.8 Å². The van der Waals surface area contributed by atoms with Crippen molar-refractivity contribution in [3.63, 3.8) is 0 Å². The third-order valence-corrected chi connectivity index (χ3v) is 2.18. The van der Waals surface area contributed by atoms with Gasteiger partial charge < -0.3 is 4.74 Å². The van der Waals surface area contributed by atoms with Crippen LogP contribution in [-0.2, 0) is 9.53 Å². The Bertz CT molecular complexity index is 276. The van der Waals surface area contributed by atoms with E-state index in [0.29, 0.717) is 6.61 Å². The zero-order valence-corrected chi connectivity index (χ0v) is 8.82. The molecule has 1 rings (SSSR count). The van der Waals surface area contributed by atoms with Gasteiger partial charge in [-0.1, -0.05) is 22.0 Å². The molecule has 0 aliphatic rings. The van der Waals surface area contributed by atoms with Crippen molar-refractivity contribution in [3.05, 3.63) is 30.1 Å². The summed E-state index contributed by atoms with van der Waals surface area (Å²) in [5, 5.41) is 0. The predicted octanol–water partition coefficient (Wildman–Crippen LogP) is 2.08. The number of aromatic nitrogens is 1. The van der Waals surface area contributed by atoms with Crippen LogP contribution in [0.3, 0.4) is 0 Å². The molecule has 70 valence electrons. The van der Waals surface area contributed by atoms with Gasteiger partial charge in [-0.05, 0) is 12.1 Å². The van der Waals surface area contributed by atoms with Crippen molar-refractivity contribution in [1.82, 2.24) is 4.98 Å². The summed E-state index contributed by atoms with van der Waals surface area (Å²) in [5.41, 5.74) is 0.865. The van der Waals surface area contributed by atoms with Crippen LogP contribution in [0.4, 0.5) is 0 Å². The van der Waals surface area contributed by atoms with Gasteiger partial charge in [0.1, 0.15) is 6.61 Å². The van der Waals surface area contributed by atoms with E-state index in [4.69, 9.17) is 4.74 Å². The summed E-state index contributed by atoms with van der Waals surface area (Å²) in [6.07, 6.45) is 1.71. The van der Waals surface area contributed by atoms with Crippen molar-refractivity contribution < 1.29 is 9.53 Å². The number of esters is 1. The van der Waals surface area contributed by atoms with E-state index in [1.54, 1.807) is 6.20 Å². The lowest BCUT2D eigenvalue weighted by molar-refractivity contribution is -0.140. The molecule has 0 saturated heterocycles. The van der Waals surface area contributed by atoms with Gasteiger partial charge in [-0.2, -0.15) is 0 Å². The number of halogens is 1. The summed E-state index contributed by atoms with van der Waals surface area (Å²) in [6.45, 7) is 1.70. The SMILES string of the molecule is CC(=O)OCC(Br)c1ccccn1. The van der Waals surface area contributed by atoms with E-state index in [1.165, 1.54) is 6.92 Å². The molecule has 1 heterocycles. The average molecular weight is 244 g/mol. The number of alkyl halides is 1. The van der Waals surface area contributed by atoms with Crippen molar-refractivity contribution >= 4 is 21.9 Å². The molecule has 1 unspecified atom stereocenters. The average Bonchev–Trinajstić information content (AvgIpc) is 2.15. The van der Waals surface area contributed by atoms with E-state index in [-0.39, 0.29) is 10.8 Å². The molecule has 4 heteroatoms. The van der Waals surface area contributed by atoms with Crippen molar-refractivity contribution in [2.75, 3.05) is 6.61 Å². The Morgan fingerprint density at radius 3 is 3.00 bits per heavy atom. The van der Waals surface area contributed by atoms with Crippen LogP contribution in [-0.4, -0.2) is 17.6 Å². The number of ether oxygens (including phenoxy) is 1. The first kappa shape index (κ1) is 10.2. The Hall–Kier alpha value is -0.900. The van der Waals surface area contributed by atoms with Gasteiger partial charge in [-0.3, -0.25) is 9.78 Å². The maximum atomic E-state index is 10.5. The van der Waals surface area contributed by atoms with Crippen LogP contribution in [0.5, 0.6) is 0 Å². The van der Waals surface area contributed by atoms with Crippen molar-refractivity contribution in [1.29, 1.82) is 0 Å². The van der Waals surface area contributed by atoms with Gasteiger partial charge in [-0.15, -0.1) is 0 Å². The van der Waals surface area contributed by atoms with E-state index >= 15 is 0 Å². The second kappa shape index (κ2) is 4.97. The largest absolute Gasteiger partial charge is 0.464 e. The zero-order valence-electron chi connectivity index (χ0n) is 7.24. The van der Waals surface area contributed by atoms with Gasteiger partial charge in [0, 0.05) is 13.1 Å². The predicted molar refractivity (Wildman–Crippen MR) is 52.5 cm³/mol. The Kier molecular flexibility index (Phi) is 3.89. The first-order valence-corrected chi connectivity index (χ1v) is 4.80. The highest BCUT2D eigenvalue weighted by atomic mass is 79.9. The van der Waals surface area contributed by atoms with Crippen LogP contribution < -0.4 is 0 Å². The molecule has 0 N–H and O–H groups in total. The molecule has 0 aromatic carbocycles. The summed E-state index contributed by atoms with van der Waals surface area (Å²) in [5.74, 6) is -0.277. The molecule has 3 nitrogen and oxygen atoms in total. The fourth-order valence-electron chi connectivity index (χ4n) is 0.837. The maximum absolute atomic E-state index is 10.5. The monoisotopic (exact) mass is 243 g/mol. The Morgan fingerprint density at radius 2 is 2.46 bits per heavy atom. The molecule has 0 aliphatic carbocycles. The molecule has 0 saturated carbocycles. The smallest absolute Gasteiger partial charge is 0.302 e. The van der Waals surface area contributed by atoms with Gasteiger partial charge in [0.15, 0.2) is 0 Å². The number of rotatable bonds is 3. The minimum absolute atomic E-state index is 0.0300. The molecule has 1 atom stereocenters. The molecule has 1 aromatic heterocycles. The van der Waals surface area contributed by atoms with Crippen LogP contribution in [0.15, 0.2) is 24.4 Å². The van der Waals surface area contributed by atoms with E-state index in [0.717, 1.165) is 5.69 Å². The number of hydrogen-bond acceptors (Lipinski definition) is 3. The topological polar surface area (TPSA) is 39.2 Å². The molecular weight excluding hydrogens is 234 g/mol. The van der Waals surface area contributed by atoms with Gasteiger partial charge in [0.2, 0.25) is 0 Å². The quantitative estimate of drug-likeness (QED) is 0.603. The van der Waals surface area contributed by atoms with Crippen LogP contribution in [0.1, 0.15) is 17.4 Å². The third-order valence-electron chi connectivity index (χ3n) is 1.44. The van der Waals surface area contributed by atoms with E-state index in [2.05, 4.69) is 20.9 Å². The first-order chi connectivity index (χ1) is 6.20. The van der Waals surface area contributed by atoms with E-state index in [1.807, 2.05) is 18.2 Å². The summed E-state index contributed by atoms with van der Waals surface area (Å²) in [4.78, 5) is 14.6. The first-order valence-electron chi connectivity index (χ1n) is 3.88. The standard InChI is InChI=1S/C9H10BrNO2/c1-7(12)13-6-8(10)9-4-2-3-5-11-9/h2-5,8H,6H2,1H3. The highest BCUT2D eigenvalue weighted by Crippen LogP contribution is 2.20. The third kappa shape index (κ3) is 3.55. The van der Waals surface area contributed by atoms with E-state index < -0.39 is 0 Å². The minimum atomic E-state index is -0.277. The zero-order chi connectivity index (χ0) is 9.68.